The first-order valence-corrected chi connectivity index (χ1v) is 4.24. The zero-order chi connectivity index (χ0) is 7.33. The van der Waals surface area contributed by atoms with Crippen molar-refractivity contribution in [3.05, 3.63) is 0 Å². The molecule has 0 atom stereocenters. The third-order valence-corrected chi connectivity index (χ3v) is 3.00. The minimum atomic E-state index is 0.667. The van der Waals surface area contributed by atoms with Crippen molar-refractivity contribution < 1.29 is 0 Å². The monoisotopic (exact) mass is 122 g/mol. The Bertz CT molecular complexity index is 51.2. The maximum absolute atomic E-state index is 2.30. The van der Waals surface area contributed by atoms with Gasteiger partial charge in [0.2, 0.25) is 0 Å². The summed E-state index contributed by atoms with van der Waals surface area (Å²) in [4.78, 5) is 0. The van der Waals surface area contributed by atoms with Gasteiger partial charge in [-0.1, -0.05) is 37.7 Å². The first-order chi connectivity index (χ1) is 4.24. The maximum atomic E-state index is 2.30. The van der Waals surface area contributed by atoms with E-state index in [1.807, 2.05) is 0 Å². The topological polar surface area (TPSA) is 0 Å². The summed E-state index contributed by atoms with van der Waals surface area (Å²) in [5.74, 6) is 0. The summed E-state index contributed by atoms with van der Waals surface area (Å²) in [6.07, 6.45) is 5.38. The quantitative estimate of drug-likeness (QED) is 0.442. The first-order valence-electron chi connectivity index (χ1n) is 4.24. The van der Waals surface area contributed by atoms with E-state index in [0.29, 0.717) is 5.41 Å². The van der Waals surface area contributed by atoms with Crippen LogP contribution in [0, 0.1) is 5.41 Å². The fourth-order valence-electron chi connectivity index (χ4n) is 1.50. The van der Waals surface area contributed by atoms with Crippen molar-refractivity contribution in [1.82, 2.24) is 0 Å². The summed E-state index contributed by atoms with van der Waals surface area (Å²) in [6, 6.07) is 0. The second-order valence-electron chi connectivity index (χ2n) is 2.91. The van der Waals surface area contributed by atoms with Gasteiger partial charge >= 0.3 is 0 Å². The molecule has 0 amide bonds. The maximum Gasteiger partial charge on any atom is 0.102 e. The molecule has 3 heteroatoms. The molecule has 0 saturated heterocycles. The van der Waals surface area contributed by atoms with E-state index in [-0.39, 0.29) is 0 Å². The molecule has 9 heavy (non-hydrogen) atoms. The van der Waals surface area contributed by atoms with Gasteiger partial charge in [0, 0.05) is 0 Å². The molecule has 0 aromatic carbocycles. The summed E-state index contributed by atoms with van der Waals surface area (Å²) in [7, 11) is 6.91. The highest BCUT2D eigenvalue weighted by Crippen LogP contribution is 2.32. The summed E-state index contributed by atoms with van der Waals surface area (Å²) in [6.45, 7) is 2.30. The zero-order valence-electron chi connectivity index (χ0n) is 7.33. The lowest BCUT2D eigenvalue weighted by atomic mass is 9.61. The van der Waals surface area contributed by atoms with Gasteiger partial charge in [-0.15, -0.1) is 0 Å². The fourth-order valence-corrected chi connectivity index (χ4v) is 1.50. The third kappa shape index (κ3) is 2.11. The molecule has 0 spiro atoms. The Morgan fingerprint density at radius 1 is 1.00 bits per heavy atom. The minimum absolute atomic E-state index is 0.667. The Kier molecular flexibility index (Phi) is 4.17. The van der Waals surface area contributed by atoms with Crippen LogP contribution in [0.15, 0.2) is 0 Å². The normalized spacial score (nSPS) is 11.7. The van der Waals surface area contributed by atoms with Gasteiger partial charge in [0.05, 0.1) is 0 Å². The molecule has 0 bridgehead atoms. The standard InChI is InChI=1S/C6H17B3/c1-2-6(3-7,4-8)5-9/h2-5,7-9H2,1H3. The van der Waals surface area contributed by atoms with E-state index in [0.717, 1.165) is 0 Å². The van der Waals surface area contributed by atoms with Gasteiger partial charge in [-0.25, -0.2) is 0 Å². The Morgan fingerprint density at radius 2 is 1.33 bits per heavy atom. The lowest BCUT2D eigenvalue weighted by Crippen LogP contribution is -2.17. The van der Waals surface area contributed by atoms with E-state index in [1.54, 1.807) is 0 Å². The summed E-state index contributed by atoms with van der Waals surface area (Å²) in [5, 5.41) is 0. The van der Waals surface area contributed by atoms with Crippen LogP contribution in [-0.4, -0.2) is 23.5 Å². The van der Waals surface area contributed by atoms with E-state index in [9.17, 15) is 0 Å². The summed E-state index contributed by atoms with van der Waals surface area (Å²) >= 11 is 0. The molecule has 0 nitrogen and oxygen atoms in total. The molecule has 0 aliphatic heterocycles. The number of hydrogen-bond donors (Lipinski definition) is 0. The molecule has 50 valence electrons. The molecule has 0 radical (unpaired) electrons. The molecule has 0 rings (SSSR count). The van der Waals surface area contributed by atoms with Crippen LogP contribution in [0.1, 0.15) is 13.3 Å². The third-order valence-electron chi connectivity index (χ3n) is 3.00. The fraction of sp³-hybridized carbons (Fsp3) is 1.00. The Labute approximate surface area is 62.0 Å². The molecular weight excluding hydrogens is 105 g/mol. The van der Waals surface area contributed by atoms with Crippen LogP contribution in [-0.2, 0) is 0 Å². The lowest BCUT2D eigenvalue weighted by molar-refractivity contribution is 0.399. The Morgan fingerprint density at radius 3 is 1.33 bits per heavy atom. The predicted octanol–water partition coefficient (Wildman–Crippen LogP) is -0.463. The lowest BCUT2D eigenvalue weighted by Gasteiger charge is -2.29. The van der Waals surface area contributed by atoms with Crippen LogP contribution in [0.4, 0.5) is 0 Å². The molecular formula is C6H17B3. The number of hydrogen-bond acceptors (Lipinski definition) is 0. The van der Waals surface area contributed by atoms with Crippen LogP contribution < -0.4 is 0 Å². The highest BCUT2D eigenvalue weighted by molar-refractivity contribution is 6.15. The van der Waals surface area contributed by atoms with Crippen molar-refractivity contribution in [2.24, 2.45) is 5.41 Å². The van der Waals surface area contributed by atoms with E-state index < -0.39 is 0 Å². The van der Waals surface area contributed by atoms with Crippen LogP contribution in [0.25, 0.3) is 0 Å². The highest BCUT2D eigenvalue weighted by Gasteiger charge is 2.19. The van der Waals surface area contributed by atoms with Gasteiger partial charge < -0.3 is 0 Å². The van der Waals surface area contributed by atoms with Gasteiger partial charge in [0.15, 0.2) is 0 Å². The highest BCUT2D eigenvalue weighted by atomic mass is 14.2. The van der Waals surface area contributed by atoms with E-state index in [1.165, 1.54) is 25.4 Å². The van der Waals surface area contributed by atoms with Crippen molar-refractivity contribution in [3.63, 3.8) is 0 Å². The first kappa shape index (κ1) is 9.19. The van der Waals surface area contributed by atoms with Gasteiger partial charge in [0.25, 0.3) is 0 Å². The van der Waals surface area contributed by atoms with Gasteiger partial charge in [-0.3, -0.25) is 0 Å². The molecule has 0 saturated carbocycles. The number of rotatable bonds is 4. The van der Waals surface area contributed by atoms with Crippen molar-refractivity contribution >= 4 is 23.5 Å². The second kappa shape index (κ2) is 4.08. The van der Waals surface area contributed by atoms with Crippen molar-refractivity contribution in [2.45, 2.75) is 32.3 Å². The molecule has 0 fully saturated rings. The van der Waals surface area contributed by atoms with Crippen LogP contribution in [0.3, 0.4) is 0 Å². The molecule has 0 aromatic heterocycles. The largest absolute Gasteiger partial charge is 0.102 e. The molecule has 0 N–H and O–H groups in total. The van der Waals surface area contributed by atoms with Crippen molar-refractivity contribution in [3.8, 4) is 0 Å². The van der Waals surface area contributed by atoms with Crippen LogP contribution in [0.2, 0.25) is 19.0 Å². The van der Waals surface area contributed by atoms with Crippen molar-refractivity contribution in [2.75, 3.05) is 0 Å². The van der Waals surface area contributed by atoms with Gasteiger partial charge in [0.1, 0.15) is 23.5 Å². The zero-order valence-corrected chi connectivity index (χ0v) is 7.33. The van der Waals surface area contributed by atoms with Gasteiger partial charge in [-0.05, 0) is 0 Å². The molecule has 0 aliphatic rings. The van der Waals surface area contributed by atoms with E-state index in [4.69, 9.17) is 0 Å². The second-order valence-corrected chi connectivity index (χ2v) is 2.91. The van der Waals surface area contributed by atoms with Crippen LogP contribution in [0.5, 0.6) is 0 Å². The smallest absolute Gasteiger partial charge is 0.0769 e. The van der Waals surface area contributed by atoms with Crippen LogP contribution >= 0.6 is 0 Å². The molecule has 0 aliphatic carbocycles. The SMILES string of the molecule is BCC(CB)(CB)CC. The summed E-state index contributed by atoms with van der Waals surface area (Å²) in [5.41, 5.74) is 0.667. The Hall–Kier alpha value is 0.195. The van der Waals surface area contributed by atoms with E-state index in [2.05, 4.69) is 30.5 Å². The van der Waals surface area contributed by atoms with Crippen molar-refractivity contribution in [1.29, 1.82) is 0 Å². The van der Waals surface area contributed by atoms with Gasteiger partial charge in [-0.2, -0.15) is 0 Å². The molecule has 0 heterocycles. The van der Waals surface area contributed by atoms with E-state index >= 15 is 0 Å². The Balaban J connectivity index is 3.82. The average Bonchev–Trinajstić information content (AvgIpc) is 1.95. The molecule has 0 aromatic rings. The average molecular weight is 122 g/mol. The minimum Gasteiger partial charge on any atom is -0.0769 e. The molecule has 0 unspecified atom stereocenters. The predicted molar refractivity (Wildman–Crippen MR) is 52.8 cm³/mol. The summed E-state index contributed by atoms with van der Waals surface area (Å²) < 4.78 is 0.